The second kappa shape index (κ2) is 5.67. The maximum Gasteiger partial charge on any atom is 0.157 e. The first-order valence-corrected chi connectivity index (χ1v) is 9.11. The molecule has 0 amide bonds. The van der Waals surface area contributed by atoms with E-state index in [0.29, 0.717) is 5.54 Å². The van der Waals surface area contributed by atoms with Gasteiger partial charge in [-0.05, 0) is 37.0 Å². The van der Waals surface area contributed by atoms with Gasteiger partial charge >= 0.3 is 0 Å². The molecule has 19 heavy (non-hydrogen) atoms. The van der Waals surface area contributed by atoms with Gasteiger partial charge in [0.15, 0.2) is 5.17 Å². The van der Waals surface area contributed by atoms with Crippen molar-refractivity contribution in [2.75, 3.05) is 12.3 Å². The molecule has 4 unspecified atom stereocenters. The van der Waals surface area contributed by atoms with Crippen molar-refractivity contribution in [1.82, 2.24) is 5.32 Å². The maximum absolute atomic E-state index is 4.90. The molecule has 3 fully saturated rings. The van der Waals surface area contributed by atoms with E-state index < -0.39 is 0 Å². The molecule has 3 aliphatic rings. The van der Waals surface area contributed by atoms with Crippen LogP contribution in [0.4, 0.5) is 0 Å². The third-order valence-corrected chi connectivity index (χ3v) is 6.66. The van der Waals surface area contributed by atoms with Crippen LogP contribution in [0.25, 0.3) is 0 Å². The second-order valence-electron chi connectivity index (χ2n) is 7.21. The van der Waals surface area contributed by atoms with E-state index in [2.05, 4.69) is 19.2 Å². The fourth-order valence-electron chi connectivity index (χ4n) is 4.19. The third kappa shape index (κ3) is 3.12. The average Bonchev–Trinajstić information content (AvgIpc) is 2.94. The van der Waals surface area contributed by atoms with Crippen molar-refractivity contribution >= 4 is 16.9 Å². The van der Waals surface area contributed by atoms with Crippen LogP contribution < -0.4 is 5.32 Å². The van der Waals surface area contributed by atoms with Crippen molar-refractivity contribution in [3.63, 3.8) is 0 Å². The van der Waals surface area contributed by atoms with Crippen LogP contribution in [0.3, 0.4) is 0 Å². The minimum atomic E-state index is 0.391. The first-order valence-electron chi connectivity index (χ1n) is 8.12. The molecule has 0 bridgehead atoms. The van der Waals surface area contributed by atoms with Gasteiger partial charge in [-0.15, -0.1) is 0 Å². The highest BCUT2D eigenvalue weighted by molar-refractivity contribution is 8.14. The van der Waals surface area contributed by atoms with Gasteiger partial charge in [-0.1, -0.05) is 51.3 Å². The van der Waals surface area contributed by atoms with Gasteiger partial charge in [-0.25, -0.2) is 0 Å². The van der Waals surface area contributed by atoms with Crippen molar-refractivity contribution in [3.8, 4) is 0 Å². The molecule has 0 aromatic carbocycles. The van der Waals surface area contributed by atoms with Gasteiger partial charge in [0.2, 0.25) is 0 Å². The summed E-state index contributed by atoms with van der Waals surface area (Å²) in [5.74, 6) is 3.86. The van der Waals surface area contributed by atoms with Crippen molar-refractivity contribution in [1.29, 1.82) is 0 Å². The molecule has 108 valence electrons. The maximum atomic E-state index is 4.90. The second-order valence-corrected chi connectivity index (χ2v) is 8.17. The lowest BCUT2D eigenvalue weighted by atomic mass is 9.78. The summed E-state index contributed by atoms with van der Waals surface area (Å²) in [7, 11) is 0. The molecule has 0 aromatic rings. The number of thioether (sulfide) groups is 1. The average molecular weight is 280 g/mol. The number of aliphatic imine (C=N–C) groups is 1. The van der Waals surface area contributed by atoms with Crippen LogP contribution in [0.15, 0.2) is 4.99 Å². The molecule has 3 rings (SSSR count). The summed E-state index contributed by atoms with van der Waals surface area (Å²) < 4.78 is 0. The molecule has 1 N–H and O–H groups in total. The van der Waals surface area contributed by atoms with Crippen molar-refractivity contribution < 1.29 is 0 Å². The van der Waals surface area contributed by atoms with Crippen molar-refractivity contribution in [3.05, 3.63) is 0 Å². The van der Waals surface area contributed by atoms with E-state index in [4.69, 9.17) is 4.99 Å². The standard InChI is InChI=1S/C16H28N2S/c1-12-5-4-8-16(9-12)11-19-15(18-16)17-10-14-7-3-6-13(14)2/h12-14H,3-11H2,1-2H3,(H,17,18). The van der Waals surface area contributed by atoms with E-state index >= 15 is 0 Å². The summed E-state index contributed by atoms with van der Waals surface area (Å²) in [4.78, 5) is 4.90. The van der Waals surface area contributed by atoms with Crippen LogP contribution in [0, 0.1) is 17.8 Å². The normalized spacial score (nSPS) is 44.9. The van der Waals surface area contributed by atoms with Crippen molar-refractivity contribution in [2.24, 2.45) is 22.7 Å². The summed E-state index contributed by atoms with van der Waals surface area (Å²) in [5, 5.41) is 5.03. The summed E-state index contributed by atoms with van der Waals surface area (Å²) in [6, 6.07) is 0. The lowest BCUT2D eigenvalue weighted by Crippen LogP contribution is -2.47. The monoisotopic (exact) mass is 280 g/mol. The molecule has 2 aliphatic carbocycles. The molecule has 2 nitrogen and oxygen atoms in total. The molecule has 1 saturated heterocycles. The molecule has 2 saturated carbocycles. The van der Waals surface area contributed by atoms with Crippen LogP contribution in [0.2, 0.25) is 0 Å². The zero-order valence-corrected chi connectivity index (χ0v) is 13.3. The Kier molecular flexibility index (Phi) is 4.11. The predicted molar refractivity (Wildman–Crippen MR) is 84.8 cm³/mol. The molecular weight excluding hydrogens is 252 g/mol. The lowest BCUT2D eigenvalue weighted by Gasteiger charge is -2.36. The van der Waals surface area contributed by atoms with Gasteiger partial charge in [-0.3, -0.25) is 4.99 Å². The zero-order valence-electron chi connectivity index (χ0n) is 12.5. The number of hydrogen-bond acceptors (Lipinski definition) is 2. The molecule has 3 heteroatoms. The zero-order chi connectivity index (χ0) is 13.3. The Hall–Kier alpha value is -0.180. The van der Waals surface area contributed by atoms with E-state index in [1.165, 1.54) is 55.9 Å². The third-order valence-electron chi connectivity index (χ3n) is 5.46. The van der Waals surface area contributed by atoms with E-state index in [1.54, 1.807) is 0 Å². The first kappa shape index (κ1) is 13.8. The molecule has 1 heterocycles. The number of amidine groups is 1. The van der Waals surface area contributed by atoms with Crippen LogP contribution in [0.1, 0.15) is 58.8 Å². The van der Waals surface area contributed by atoms with E-state index in [9.17, 15) is 0 Å². The lowest BCUT2D eigenvalue weighted by molar-refractivity contribution is 0.242. The summed E-state index contributed by atoms with van der Waals surface area (Å²) in [5.41, 5.74) is 0.391. The van der Waals surface area contributed by atoms with Crippen molar-refractivity contribution in [2.45, 2.75) is 64.3 Å². The summed E-state index contributed by atoms with van der Waals surface area (Å²) in [6.07, 6.45) is 9.73. The quantitative estimate of drug-likeness (QED) is 0.825. The summed E-state index contributed by atoms with van der Waals surface area (Å²) >= 11 is 1.97. The Morgan fingerprint density at radius 3 is 2.89 bits per heavy atom. The van der Waals surface area contributed by atoms with Gasteiger partial charge in [0.25, 0.3) is 0 Å². The molecule has 0 radical (unpaired) electrons. The number of hydrogen-bond donors (Lipinski definition) is 1. The number of nitrogens with zero attached hydrogens (tertiary/aromatic N) is 1. The Bertz CT molecular complexity index is 355. The predicted octanol–water partition coefficient (Wildman–Crippen LogP) is 4.06. The largest absolute Gasteiger partial charge is 0.359 e. The Labute approximate surface area is 122 Å². The number of nitrogens with one attached hydrogen (secondary N) is 1. The molecular formula is C16H28N2S. The van der Waals surface area contributed by atoms with E-state index in [0.717, 1.165) is 24.3 Å². The van der Waals surface area contributed by atoms with E-state index in [-0.39, 0.29) is 0 Å². The Balaban J connectivity index is 1.56. The Morgan fingerprint density at radius 2 is 2.16 bits per heavy atom. The minimum Gasteiger partial charge on any atom is -0.359 e. The van der Waals surface area contributed by atoms with Gasteiger partial charge in [0, 0.05) is 17.8 Å². The van der Waals surface area contributed by atoms with Crippen LogP contribution in [-0.4, -0.2) is 23.0 Å². The molecule has 4 atom stereocenters. The molecule has 1 spiro atoms. The SMILES string of the molecule is CC1CCCC2(CSC(=NCC3CCCC3C)N2)C1. The molecule has 0 aromatic heterocycles. The van der Waals surface area contributed by atoms with Crippen LogP contribution in [0.5, 0.6) is 0 Å². The van der Waals surface area contributed by atoms with Gasteiger partial charge in [0.1, 0.15) is 0 Å². The minimum absolute atomic E-state index is 0.391. The van der Waals surface area contributed by atoms with Gasteiger partial charge in [-0.2, -0.15) is 0 Å². The number of rotatable bonds is 2. The van der Waals surface area contributed by atoms with Crippen LogP contribution in [-0.2, 0) is 0 Å². The van der Waals surface area contributed by atoms with E-state index in [1.807, 2.05) is 11.8 Å². The van der Waals surface area contributed by atoms with Gasteiger partial charge in [0.05, 0.1) is 0 Å². The highest BCUT2D eigenvalue weighted by atomic mass is 32.2. The highest BCUT2D eigenvalue weighted by Gasteiger charge is 2.40. The highest BCUT2D eigenvalue weighted by Crippen LogP contribution is 2.39. The fourth-order valence-corrected chi connectivity index (χ4v) is 5.39. The summed E-state index contributed by atoms with van der Waals surface area (Å²) in [6.45, 7) is 5.86. The topological polar surface area (TPSA) is 24.4 Å². The Morgan fingerprint density at radius 1 is 1.26 bits per heavy atom. The fraction of sp³-hybridized carbons (Fsp3) is 0.938. The van der Waals surface area contributed by atoms with Gasteiger partial charge < -0.3 is 5.32 Å². The smallest absolute Gasteiger partial charge is 0.157 e. The molecule has 1 aliphatic heterocycles. The first-order chi connectivity index (χ1) is 9.17. The van der Waals surface area contributed by atoms with Crippen LogP contribution >= 0.6 is 11.8 Å².